The Morgan fingerprint density at radius 3 is 2.08 bits per heavy atom. The summed E-state index contributed by atoms with van der Waals surface area (Å²) in [7, 11) is -1.43. The van der Waals surface area contributed by atoms with E-state index in [1.807, 2.05) is 0 Å². The van der Waals surface area contributed by atoms with Gasteiger partial charge < -0.3 is 9.47 Å². The average Bonchev–Trinajstić information content (AvgIpc) is 2.83. The largest absolute Gasteiger partial charge is 0.497 e. The molecule has 1 unspecified atom stereocenters. The van der Waals surface area contributed by atoms with Crippen molar-refractivity contribution < 1.29 is 44.6 Å². The molecule has 0 aromatic heterocycles. The van der Waals surface area contributed by atoms with Crippen LogP contribution in [0.5, 0.6) is 5.75 Å². The smallest absolute Gasteiger partial charge is 0.453 e. The van der Waals surface area contributed by atoms with Crippen molar-refractivity contribution in [2.24, 2.45) is 0 Å². The summed E-state index contributed by atoms with van der Waals surface area (Å²) in [5.41, 5.74) is 1.24. The summed E-state index contributed by atoms with van der Waals surface area (Å²) in [4.78, 5) is 11.1. The van der Waals surface area contributed by atoms with Gasteiger partial charge in [0, 0.05) is 18.9 Å². The van der Waals surface area contributed by atoms with Gasteiger partial charge in [0.1, 0.15) is 5.75 Å². The van der Waals surface area contributed by atoms with Crippen LogP contribution >= 0.6 is 0 Å². The van der Waals surface area contributed by atoms with Gasteiger partial charge in [0.05, 0.1) is 19.1 Å². The van der Waals surface area contributed by atoms with Gasteiger partial charge in [-0.25, -0.2) is 13.1 Å². The van der Waals surface area contributed by atoms with Gasteiger partial charge in [-0.15, -0.1) is 0 Å². The molecule has 1 atom stereocenters. The number of carbonyl (C=O) groups is 1. The van der Waals surface area contributed by atoms with Crippen LogP contribution in [0.15, 0.2) is 53.4 Å². The first kappa shape index (κ1) is 29.5. The van der Waals surface area contributed by atoms with Crippen LogP contribution in [0.25, 0.3) is 0 Å². The fourth-order valence-electron chi connectivity index (χ4n) is 3.43. The molecule has 2 aromatic rings. The SMILES string of the molecule is COC(=O)CCCc1ccc(C(CCCC(F)(F)C(F)(F)F)NS(=O)(=O)c2ccc(OC)cc2)cc1. The molecule has 6 nitrogen and oxygen atoms in total. The second-order valence-electron chi connectivity index (χ2n) is 8.12. The molecule has 0 saturated carbocycles. The van der Waals surface area contributed by atoms with Crippen LogP contribution < -0.4 is 9.46 Å². The molecule has 0 heterocycles. The number of esters is 1. The first-order valence-electron chi connectivity index (χ1n) is 11.1. The quantitative estimate of drug-likeness (QED) is 0.267. The van der Waals surface area contributed by atoms with Crippen LogP contribution in [-0.4, -0.2) is 40.7 Å². The summed E-state index contributed by atoms with van der Waals surface area (Å²) in [5.74, 6) is -4.81. The molecule has 12 heteroatoms. The van der Waals surface area contributed by atoms with E-state index in [4.69, 9.17) is 4.74 Å². The molecular formula is C24H28F5NO5S. The molecule has 0 bridgehead atoms. The summed E-state index contributed by atoms with van der Waals surface area (Å²) in [5, 5.41) is 0. The van der Waals surface area contributed by atoms with Crippen molar-refractivity contribution in [2.75, 3.05) is 14.2 Å². The third-order valence-corrected chi connectivity index (χ3v) is 7.01. The minimum absolute atomic E-state index is 0.117. The minimum Gasteiger partial charge on any atom is -0.497 e. The summed E-state index contributed by atoms with van der Waals surface area (Å²) < 4.78 is 102. The number of nitrogens with one attached hydrogen (secondary N) is 1. The predicted octanol–water partition coefficient (Wildman–Crippen LogP) is 5.58. The van der Waals surface area contributed by atoms with Crippen molar-refractivity contribution in [2.45, 2.75) is 61.6 Å². The number of hydrogen-bond acceptors (Lipinski definition) is 5. The van der Waals surface area contributed by atoms with Gasteiger partial charge in [-0.2, -0.15) is 22.0 Å². The van der Waals surface area contributed by atoms with Gasteiger partial charge in [-0.3, -0.25) is 4.79 Å². The summed E-state index contributed by atoms with van der Waals surface area (Å²) >= 11 is 0. The fraction of sp³-hybridized carbons (Fsp3) is 0.458. The summed E-state index contributed by atoms with van der Waals surface area (Å²) in [6.07, 6.45) is -6.75. The molecule has 0 amide bonds. The molecule has 0 aliphatic carbocycles. The predicted molar refractivity (Wildman–Crippen MR) is 122 cm³/mol. The molecule has 0 radical (unpaired) electrons. The number of ether oxygens (including phenoxy) is 2. The second kappa shape index (κ2) is 12.5. The van der Waals surface area contributed by atoms with Crippen molar-refractivity contribution in [3.63, 3.8) is 0 Å². The number of carbonyl (C=O) groups excluding carboxylic acids is 1. The van der Waals surface area contributed by atoms with Crippen molar-refractivity contribution >= 4 is 16.0 Å². The van der Waals surface area contributed by atoms with Gasteiger partial charge in [-0.1, -0.05) is 24.3 Å². The average molecular weight is 538 g/mol. The third-order valence-electron chi connectivity index (χ3n) is 5.52. The lowest BCUT2D eigenvalue weighted by Gasteiger charge is -2.23. The number of methoxy groups -OCH3 is 2. The zero-order valence-corrected chi connectivity index (χ0v) is 20.6. The van der Waals surface area contributed by atoms with Crippen LogP contribution in [0.3, 0.4) is 0 Å². The molecule has 36 heavy (non-hydrogen) atoms. The number of aryl methyl sites for hydroxylation is 1. The van der Waals surface area contributed by atoms with Gasteiger partial charge in [-0.05, 0) is 61.1 Å². The second-order valence-corrected chi connectivity index (χ2v) is 9.83. The monoisotopic (exact) mass is 537 g/mol. The number of sulfonamides is 1. The summed E-state index contributed by atoms with van der Waals surface area (Å²) in [6, 6.07) is 10.9. The number of hydrogen-bond donors (Lipinski definition) is 1. The Labute approximate surface area is 206 Å². The first-order valence-corrected chi connectivity index (χ1v) is 12.5. The Bertz CT molecular complexity index is 1090. The van der Waals surface area contributed by atoms with Gasteiger partial charge >= 0.3 is 18.1 Å². The number of benzene rings is 2. The third kappa shape index (κ3) is 8.44. The number of rotatable bonds is 13. The van der Waals surface area contributed by atoms with Crippen molar-refractivity contribution in [3.05, 3.63) is 59.7 Å². The molecule has 2 aromatic carbocycles. The normalized spacial score (nSPS) is 13.3. The van der Waals surface area contributed by atoms with E-state index >= 15 is 0 Å². The van der Waals surface area contributed by atoms with Crippen LogP contribution in [0.1, 0.15) is 49.3 Å². The van der Waals surface area contributed by atoms with Crippen LogP contribution in [0.2, 0.25) is 0 Å². The Morgan fingerprint density at radius 1 is 0.944 bits per heavy atom. The minimum atomic E-state index is -5.68. The lowest BCUT2D eigenvalue weighted by Crippen LogP contribution is -2.36. The zero-order chi connectivity index (χ0) is 27.0. The topological polar surface area (TPSA) is 81.7 Å². The van der Waals surface area contributed by atoms with E-state index in [9.17, 15) is 35.2 Å². The Morgan fingerprint density at radius 2 is 1.56 bits per heavy atom. The maximum absolute atomic E-state index is 13.4. The maximum atomic E-state index is 13.4. The van der Waals surface area contributed by atoms with E-state index < -0.39 is 41.0 Å². The Hall–Kier alpha value is -2.73. The maximum Gasteiger partial charge on any atom is 0.453 e. The Kier molecular flexibility index (Phi) is 10.2. The number of alkyl halides is 5. The van der Waals surface area contributed by atoms with Crippen LogP contribution in [-0.2, 0) is 26.0 Å². The highest BCUT2D eigenvalue weighted by atomic mass is 32.2. The van der Waals surface area contributed by atoms with E-state index in [2.05, 4.69) is 9.46 Å². The van der Waals surface area contributed by atoms with E-state index in [-0.39, 0.29) is 23.7 Å². The van der Waals surface area contributed by atoms with Gasteiger partial charge in [0.25, 0.3) is 0 Å². The molecule has 2 rings (SSSR count). The van der Waals surface area contributed by atoms with Crippen LogP contribution in [0, 0.1) is 0 Å². The lowest BCUT2D eigenvalue weighted by molar-refractivity contribution is -0.284. The fourth-order valence-corrected chi connectivity index (χ4v) is 4.69. The van der Waals surface area contributed by atoms with Crippen molar-refractivity contribution in [3.8, 4) is 5.75 Å². The number of halogens is 5. The standard InChI is InChI=1S/C24H28F5NO5S/c1-34-19-12-14-20(15-13-19)36(32,33)30-21(6-4-16-23(25,26)24(27,28)29)18-10-8-17(9-11-18)5-3-7-22(31)35-2/h8-15,21,30H,3-7,16H2,1-2H3. The van der Waals surface area contributed by atoms with Crippen molar-refractivity contribution in [1.29, 1.82) is 0 Å². The van der Waals surface area contributed by atoms with E-state index in [1.165, 1.54) is 38.5 Å². The highest BCUT2D eigenvalue weighted by Gasteiger charge is 2.56. The Balaban J connectivity index is 2.20. The summed E-state index contributed by atoms with van der Waals surface area (Å²) in [6.45, 7) is 0. The van der Waals surface area contributed by atoms with Gasteiger partial charge in [0.15, 0.2) is 0 Å². The molecular weight excluding hydrogens is 509 g/mol. The first-order chi connectivity index (χ1) is 16.8. The van der Waals surface area contributed by atoms with E-state index in [1.54, 1.807) is 24.3 Å². The molecule has 0 fully saturated rings. The molecule has 0 aliphatic rings. The van der Waals surface area contributed by atoms with Crippen molar-refractivity contribution in [1.82, 2.24) is 4.72 Å². The lowest BCUT2D eigenvalue weighted by atomic mass is 9.98. The molecule has 0 aliphatic heterocycles. The highest BCUT2D eigenvalue weighted by molar-refractivity contribution is 7.89. The van der Waals surface area contributed by atoms with E-state index in [0.29, 0.717) is 24.2 Å². The molecule has 0 saturated heterocycles. The van der Waals surface area contributed by atoms with Gasteiger partial charge in [0.2, 0.25) is 10.0 Å². The molecule has 200 valence electrons. The molecule has 1 N–H and O–H groups in total. The molecule has 0 spiro atoms. The highest BCUT2D eigenvalue weighted by Crippen LogP contribution is 2.40. The van der Waals surface area contributed by atoms with Crippen LogP contribution in [0.4, 0.5) is 22.0 Å². The zero-order valence-electron chi connectivity index (χ0n) is 19.8. The van der Waals surface area contributed by atoms with E-state index in [0.717, 1.165) is 5.56 Å².